The fraction of sp³-hybridized carbons (Fsp3) is 0.444. The minimum atomic E-state index is -4.77. The Morgan fingerprint density at radius 1 is 1.31 bits per heavy atom. The van der Waals surface area contributed by atoms with Crippen LogP contribution < -0.4 is 19.9 Å². The average molecular weight is 408 g/mol. The first-order valence-electron chi connectivity index (χ1n) is 9.12. The van der Waals surface area contributed by atoms with Crippen LogP contribution in [0.5, 0.6) is 5.88 Å². The van der Waals surface area contributed by atoms with Crippen LogP contribution in [0.1, 0.15) is 24.6 Å². The maximum Gasteiger partial charge on any atom is 0.574 e. The second-order valence-corrected chi connectivity index (χ2v) is 6.95. The fourth-order valence-electron chi connectivity index (χ4n) is 3.45. The van der Waals surface area contributed by atoms with Crippen molar-refractivity contribution in [1.29, 1.82) is 0 Å². The number of rotatable bonds is 4. The van der Waals surface area contributed by atoms with E-state index in [1.54, 1.807) is 4.90 Å². The normalized spacial score (nSPS) is 18.5. The number of amides is 1. The van der Waals surface area contributed by atoms with Gasteiger partial charge in [-0.15, -0.1) is 13.2 Å². The predicted octanol–water partition coefficient (Wildman–Crippen LogP) is 2.50. The Kier molecular flexibility index (Phi) is 4.67. The van der Waals surface area contributed by atoms with Crippen molar-refractivity contribution in [2.24, 2.45) is 0 Å². The van der Waals surface area contributed by atoms with Gasteiger partial charge in [-0.2, -0.15) is 4.98 Å². The van der Waals surface area contributed by atoms with Crippen LogP contribution in [0.4, 0.5) is 30.6 Å². The number of carbonyl (C=O) groups is 1. The third-order valence-corrected chi connectivity index (χ3v) is 5.01. The van der Waals surface area contributed by atoms with E-state index < -0.39 is 12.2 Å². The SMILES string of the molecule is CC1C(=O)N2CCCc3nc(NCc4ccc(OC(F)(F)F)nc4)nc(c32)N1C. The number of ether oxygens (including phenoxy) is 1. The third kappa shape index (κ3) is 3.76. The molecule has 29 heavy (non-hydrogen) atoms. The van der Waals surface area contributed by atoms with Crippen molar-refractivity contribution in [3.63, 3.8) is 0 Å². The molecular formula is C18H19F3N6O2. The highest BCUT2D eigenvalue weighted by molar-refractivity contribution is 6.05. The lowest BCUT2D eigenvalue weighted by Gasteiger charge is -2.41. The van der Waals surface area contributed by atoms with Crippen molar-refractivity contribution in [3.05, 3.63) is 29.6 Å². The maximum atomic E-state index is 12.6. The van der Waals surface area contributed by atoms with Gasteiger partial charge in [-0.25, -0.2) is 9.97 Å². The van der Waals surface area contributed by atoms with Crippen molar-refractivity contribution in [2.75, 3.05) is 28.7 Å². The molecule has 2 aliphatic rings. The summed E-state index contributed by atoms with van der Waals surface area (Å²) >= 11 is 0. The van der Waals surface area contributed by atoms with Gasteiger partial charge in [-0.05, 0) is 25.3 Å². The molecule has 2 aliphatic heterocycles. The van der Waals surface area contributed by atoms with Gasteiger partial charge in [0, 0.05) is 32.4 Å². The van der Waals surface area contributed by atoms with E-state index >= 15 is 0 Å². The van der Waals surface area contributed by atoms with E-state index in [9.17, 15) is 18.0 Å². The molecule has 154 valence electrons. The minimum absolute atomic E-state index is 0.0394. The lowest BCUT2D eigenvalue weighted by Crippen LogP contribution is -2.53. The molecule has 0 fully saturated rings. The third-order valence-electron chi connectivity index (χ3n) is 5.01. The summed E-state index contributed by atoms with van der Waals surface area (Å²) in [6, 6.07) is 2.32. The van der Waals surface area contributed by atoms with Crippen molar-refractivity contribution in [1.82, 2.24) is 15.0 Å². The van der Waals surface area contributed by atoms with Crippen LogP contribution in [-0.4, -0.2) is 46.9 Å². The number of carbonyl (C=O) groups excluding carboxylic acids is 1. The average Bonchev–Trinajstić information content (AvgIpc) is 2.68. The van der Waals surface area contributed by atoms with Gasteiger partial charge in [0.05, 0.1) is 5.69 Å². The molecule has 2 aromatic heterocycles. The molecule has 1 atom stereocenters. The molecule has 0 saturated heterocycles. The summed E-state index contributed by atoms with van der Waals surface area (Å²) < 4.78 is 40.4. The summed E-state index contributed by atoms with van der Waals surface area (Å²) in [6.07, 6.45) is -1.90. The zero-order valence-corrected chi connectivity index (χ0v) is 15.8. The van der Waals surface area contributed by atoms with E-state index in [1.165, 1.54) is 12.3 Å². The number of aromatic nitrogens is 3. The Bertz CT molecular complexity index is 934. The lowest BCUT2D eigenvalue weighted by atomic mass is 10.0. The quantitative estimate of drug-likeness (QED) is 0.832. The highest BCUT2D eigenvalue weighted by Gasteiger charge is 2.38. The standard InChI is InChI=1S/C18H19F3N6O2/c1-10-16(28)27-7-3-4-12-14(27)15(26(10)2)25-17(24-12)23-9-11-5-6-13(22-8-11)29-18(19,20)21/h5-6,8,10H,3-4,7,9H2,1-2H3,(H,23,24,25). The molecule has 0 spiro atoms. The van der Waals surface area contributed by atoms with Crippen LogP contribution in [0.2, 0.25) is 0 Å². The van der Waals surface area contributed by atoms with Gasteiger partial charge in [-0.3, -0.25) is 4.79 Å². The number of nitrogens with zero attached hydrogens (tertiary/aromatic N) is 5. The molecule has 0 saturated carbocycles. The number of anilines is 3. The number of likely N-dealkylation sites (N-methyl/N-ethyl adjacent to an activating group) is 1. The van der Waals surface area contributed by atoms with Gasteiger partial charge >= 0.3 is 6.36 Å². The Balaban J connectivity index is 1.53. The van der Waals surface area contributed by atoms with Gasteiger partial charge in [0.1, 0.15) is 11.7 Å². The van der Waals surface area contributed by atoms with Gasteiger partial charge < -0.3 is 19.9 Å². The van der Waals surface area contributed by atoms with E-state index in [0.717, 1.165) is 30.3 Å². The summed E-state index contributed by atoms with van der Waals surface area (Å²) in [4.78, 5) is 28.9. The largest absolute Gasteiger partial charge is 0.574 e. The summed E-state index contributed by atoms with van der Waals surface area (Å²) in [7, 11) is 1.82. The summed E-state index contributed by atoms with van der Waals surface area (Å²) in [5.74, 6) is 0.606. The molecule has 2 aromatic rings. The first kappa shape index (κ1) is 19.2. The van der Waals surface area contributed by atoms with E-state index in [-0.39, 0.29) is 18.5 Å². The van der Waals surface area contributed by atoms with Crippen LogP contribution in [0.3, 0.4) is 0 Å². The molecular weight excluding hydrogens is 389 g/mol. The summed E-state index contributed by atoms with van der Waals surface area (Å²) in [5, 5.41) is 3.08. The number of aryl methyl sites for hydroxylation is 1. The number of nitrogens with one attached hydrogen (secondary N) is 1. The van der Waals surface area contributed by atoms with Gasteiger partial charge in [0.15, 0.2) is 5.82 Å². The zero-order valence-electron chi connectivity index (χ0n) is 15.8. The second kappa shape index (κ2) is 7.05. The molecule has 0 aromatic carbocycles. The molecule has 1 unspecified atom stereocenters. The van der Waals surface area contributed by atoms with Crippen molar-refractivity contribution in [2.45, 2.75) is 38.7 Å². The van der Waals surface area contributed by atoms with E-state index in [1.807, 2.05) is 18.9 Å². The predicted molar refractivity (Wildman–Crippen MR) is 98.8 cm³/mol. The highest BCUT2D eigenvalue weighted by atomic mass is 19.4. The maximum absolute atomic E-state index is 12.6. The Hall–Kier alpha value is -3.11. The molecule has 1 amide bonds. The lowest BCUT2D eigenvalue weighted by molar-refractivity contribution is -0.276. The molecule has 0 bridgehead atoms. The summed E-state index contributed by atoms with van der Waals surface area (Å²) in [6.45, 7) is 2.77. The molecule has 4 heterocycles. The van der Waals surface area contributed by atoms with Gasteiger partial charge in [-0.1, -0.05) is 6.07 Å². The minimum Gasteiger partial charge on any atom is -0.388 e. The number of pyridine rings is 1. The van der Waals surface area contributed by atoms with Crippen LogP contribution in [-0.2, 0) is 17.8 Å². The molecule has 0 radical (unpaired) electrons. The molecule has 4 rings (SSSR count). The van der Waals surface area contributed by atoms with Crippen LogP contribution in [0.25, 0.3) is 0 Å². The molecule has 8 nitrogen and oxygen atoms in total. The van der Waals surface area contributed by atoms with Crippen LogP contribution >= 0.6 is 0 Å². The van der Waals surface area contributed by atoms with E-state index in [2.05, 4.69) is 25.0 Å². The van der Waals surface area contributed by atoms with E-state index in [4.69, 9.17) is 0 Å². The second-order valence-electron chi connectivity index (χ2n) is 6.95. The zero-order chi connectivity index (χ0) is 20.8. The Labute approximate surface area is 164 Å². The fourth-order valence-corrected chi connectivity index (χ4v) is 3.45. The van der Waals surface area contributed by atoms with Crippen molar-refractivity contribution in [3.8, 4) is 5.88 Å². The van der Waals surface area contributed by atoms with Crippen LogP contribution in [0, 0.1) is 0 Å². The van der Waals surface area contributed by atoms with Gasteiger partial charge in [0.2, 0.25) is 17.7 Å². The molecule has 11 heteroatoms. The number of halogens is 3. The first-order chi connectivity index (χ1) is 13.7. The van der Waals surface area contributed by atoms with Crippen molar-refractivity contribution < 1.29 is 22.7 Å². The monoisotopic (exact) mass is 408 g/mol. The van der Waals surface area contributed by atoms with Crippen LogP contribution in [0.15, 0.2) is 18.3 Å². The van der Waals surface area contributed by atoms with Crippen molar-refractivity contribution >= 4 is 23.4 Å². The number of hydrogen-bond acceptors (Lipinski definition) is 7. The summed E-state index contributed by atoms with van der Waals surface area (Å²) in [5.41, 5.74) is 2.22. The Morgan fingerprint density at radius 2 is 2.10 bits per heavy atom. The molecule has 1 N–H and O–H groups in total. The Morgan fingerprint density at radius 3 is 2.79 bits per heavy atom. The van der Waals surface area contributed by atoms with E-state index in [0.29, 0.717) is 23.9 Å². The molecule has 0 aliphatic carbocycles. The number of alkyl halides is 3. The number of hydrogen-bond donors (Lipinski definition) is 1. The van der Waals surface area contributed by atoms with Gasteiger partial charge in [0.25, 0.3) is 0 Å². The topological polar surface area (TPSA) is 83.5 Å². The smallest absolute Gasteiger partial charge is 0.388 e. The highest BCUT2D eigenvalue weighted by Crippen LogP contribution is 2.39. The first-order valence-corrected chi connectivity index (χ1v) is 9.12.